The van der Waals surface area contributed by atoms with Crippen molar-refractivity contribution in [3.05, 3.63) is 12.2 Å². The van der Waals surface area contributed by atoms with Gasteiger partial charge in [0.1, 0.15) is 17.3 Å². The van der Waals surface area contributed by atoms with Gasteiger partial charge in [-0.3, -0.25) is 9.59 Å². The van der Waals surface area contributed by atoms with E-state index in [2.05, 4.69) is 6.92 Å². The highest BCUT2D eigenvalue weighted by molar-refractivity contribution is 7.87. The van der Waals surface area contributed by atoms with Crippen LogP contribution in [-0.2, 0) is 38.7 Å². The summed E-state index contributed by atoms with van der Waals surface area (Å²) in [6.07, 6.45) is 12.7. The van der Waals surface area contributed by atoms with E-state index in [0.29, 0.717) is 37.5 Å². The largest absolute Gasteiger partial charge is 0.743 e. The molecule has 9 nitrogen and oxygen atoms in total. The maximum Gasteiger partial charge on any atom is 0.428 e. The molecule has 10 rings (SSSR count). The zero-order chi connectivity index (χ0) is 31.7. The van der Waals surface area contributed by atoms with Crippen molar-refractivity contribution in [3.63, 3.8) is 0 Å². The summed E-state index contributed by atoms with van der Waals surface area (Å²) in [5, 5.41) is -5.17. The molecule has 0 saturated heterocycles. The second kappa shape index (κ2) is 9.97. The van der Waals surface area contributed by atoms with Crippen molar-refractivity contribution in [2.45, 2.75) is 107 Å². The topological polar surface area (TPSA) is 136 Å². The van der Waals surface area contributed by atoms with Crippen LogP contribution in [0.15, 0.2) is 12.2 Å². The first-order chi connectivity index (χ1) is 21.2. The average molecular weight is 652 g/mol. The normalized spacial score (nSPS) is 48.5. The van der Waals surface area contributed by atoms with Crippen molar-refractivity contribution in [2.24, 2.45) is 65.1 Å². The van der Waals surface area contributed by atoms with E-state index < -0.39 is 56.5 Å². The summed E-state index contributed by atoms with van der Waals surface area (Å²) in [6, 6.07) is 0. The number of fused-ring (bicyclic) bond motifs is 2. The van der Waals surface area contributed by atoms with Gasteiger partial charge in [0.05, 0.1) is 11.8 Å². The summed E-state index contributed by atoms with van der Waals surface area (Å²) in [4.78, 5) is 40.3. The zero-order valence-corrected chi connectivity index (χ0v) is 26.2. The average Bonchev–Trinajstić information content (AvgIpc) is 3.58. The molecule has 0 aromatic carbocycles. The first-order valence-corrected chi connectivity index (χ1v) is 18.3. The van der Waals surface area contributed by atoms with Gasteiger partial charge >= 0.3 is 23.2 Å². The SMILES string of the molecule is CCC1(OC(=O)C2C3C=CC(C3)C2C(=O)OC2C3CC4CC2CC(OC(=O)C(F)(F)S(=O)(=O)[O-])(C4)C3)C2CC3CC(C2)CC1C3. The Kier molecular flexibility index (Phi) is 6.70. The molecule has 0 aliphatic heterocycles. The van der Waals surface area contributed by atoms with E-state index in [4.69, 9.17) is 14.2 Å². The van der Waals surface area contributed by atoms with Crippen LogP contribution in [0.3, 0.4) is 0 Å². The third kappa shape index (κ3) is 4.49. The molecule has 45 heavy (non-hydrogen) atoms. The quantitative estimate of drug-likeness (QED) is 0.158. The first-order valence-electron chi connectivity index (χ1n) is 16.9. The van der Waals surface area contributed by atoms with E-state index in [1.54, 1.807) is 0 Å². The predicted molar refractivity (Wildman–Crippen MR) is 151 cm³/mol. The van der Waals surface area contributed by atoms with Gasteiger partial charge in [0.2, 0.25) is 0 Å². The van der Waals surface area contributed by atoms with Crippen LogP contribution in [0, 0.1) is 65.1 Å². The minimum Gasteiger partial charge on any atom is -0.743 e. The molecule has 10 aliphatic rings. The Labute approximate surface area is 261 Å². The summed E-state index contributed by atoms with van der Waals surface area (Å²) in [5.41, 5.74) is -1.78. The van der Waals surface area contributed by atoms with Crippen LogP contribution in [0.2, 0.25) is 0 Å². The molecular weight excluding hydrogens is 610 g/mol. The summed E-state index contributed by atoms with van der Waals surface area (Å²) in [7, 11) is -6.23. The Morgan fingerprint density at radius 2 is 1.36 bits per heavy atom. The van der Waals surface area contributed by atoms with E-state index >= 15 is 0 Å². The van der Waals surface area contributed by atoms with Crippen LogP contribution >= 0.6 is 0 Å². The van der Waals surface area contributed by atoms with Crippen LogP contribution in [-0.4, -0.2) is 53.4 Å². The van der Waals surface area contributed by atoms with Gasteiger partial charge in [-0.25, -0.2) is 13.2 Å². The van der Waals surface area contributed by atoms with Gasteiger partial charge < -0.3 is 18.8 Å². The fourth-order valence-corrected chi connectivity index (χ4v) is 12.6. The second-order valence-corrected chi connectivity index (χ2v) is 17.4. The number of rotatable bonds is 8. The molecule has 12 heteroatoms. The molecule has 0 amide bonds. The molecule has 10 bridgehead atoms. The van der Waals surface area contributed by atoms with E-state index in [9.17, 15) is 36.1 Å². The highest BCUT2D eigenvalue weighted by Crippen LogP contribution is 2.62. The molecule has 0 aromatic heterocycles. The second-order valence-electron chi connectivity index (χ2n) is 15.9. The van der Waals surface area contributed by atoms with Gasteiger partial charge in [-0.2, -0.15) is 8.78 Å². The van der Waals surface area contributed by atoms with Crippen LogP contribution in [0.4, 0.5) is 8.78 Å². The Morgan fingerprint density at radius 1 is 0.800 bits per heavy atom. The van der Waals surface area contributed by atoms with Crippen molar-refractivity contribution in [3.8, 4) is 0 Å². The Morgan fingerprint density at radius 3 is 1.89 bits per heavy atom. The smallest absolute Gasteiger partial charge is 0.428 e. The van der Waals surface area contributed by atoms with Gasteiger partial charge in [-0.05, 0) is 118 Å². The first kappa shape index (κ1) is 30.3. The van der Waals surface area contributed by atoms with Crippen LogP contribution < -0.4 is 0 Å². The molecule has 0 spiro atoms. The maximum atomic E-state index is 14.1. The van der Waals surface area contributed by atoms with Crippen LogP contribution in [0.5, 0.6) is 0 Å². The van der Waals surface area contributed by atoms with Gasteiger partial charge in [-0.15, -0.1) is 0 Å². The molecule has 9 saturated carbocycles. The summed E-state index contributed by atoms with van der Waals surface area (Å²) >= 11 is 0. The molecule has 6 unspecified atom stereocenters. The molecule has 9 fully saturated rings. The summed E-state index contributed by atoms with van der Waals surface area (Å²) in [6.45, 7) is 2.12. The highest BCUT2D eigenvalue weighted by atomic mass is 32.2. The lowest BCUT2D eigenvalue weighted by molar-refractivity contribution is -0.227. The summed E-state index contributed by atoms with van der Waals surface area (Å²) < 4.78 is 79.0. The Balaban J connectivity index is 0.974. The van der Waals surface area contributed by atoms with Crippen molar-refractivity contribution in [1.82, 2.24) is 0 Å². The molecule has 6 atom stereocenters. The van der Waals surface area contributed by atoms with Crippen molar-refractivity contribution >= 4 is 28.0 Å². The highest BCUT2D eigenvalue weighted by Gasteiger charge is 2.63. The number of hydrogen-bond donors (Lipinski definition) is 0. The van der Waals surface area contributed by atoms with Gasteiger partial charge in [-0.1, -0.05) is 19.1 Å². The number of carbonyl (C=O) groups is 3. The fourth-order valence-electron chi connectivity index (χ4n) is 12.3. The molecule has 0 radical (unpaired) electrons. The van der Waals surface area contributed by atoms with Crippen molar-refractivity contribution in [1.29, 1.82) is 0 Å². The van der Waals surface area contributed by atoms with E-state index in [1.165, 1.54) is 6.42 Å². The van der Waals surface area contributed by atoms with Crippen LogP contribution in [0.1, 0.15) is 84.0 Å². The third-order valence-electron chi connectivity index (χ3n) is 13.6. The minimum atomic E-state index is -6.23. The fraction of sp³-hybridized carbons (Fsp3) is 0.848. The minimum absolute atomic E-state index is 0.0436. The summed E-state index contributed by atoms with van der Waals surface area (Å²) in [5.74, 6) is -2.75. The number of halogens is 2. The third-order valence-corrected chi connectivity index (χ3v) is 14.4. The zero-order valence-electron chi connectivity index (χ0n) is 25.4. The monoisotopic (exact) mass is 651 g/mol. The number of ether oxygens (including phenoxy) is 3. The lowest BCUT2D eigenvalue weighted by Crippen LogP contribution is -2.61. The molecule has 0 heterocycles. The lowest BCUT2D eigenvalue weighted by atomic mass is 9.49. The van der Waals surface area contributed by atoms with E-state index in [-0.39, 0.29) is 48.4 Å². The van der Waals surface area contributed by atoms with Gasteiger partial charge in [0.15, 0.2) is 10.1 Å². The Hall–Kier alpha value is -2.08. The van der Waals surface area contributed by atoms with E-state index in [0.717, 1.165) is 43.9 Å². The van der Waals surface area contributed by atoms with Crippen molar-refractivity contribution < 1.29 is 50.3 Å². The number of allylic oxidation sites excluding steroid dienone is 2. The number of hydrogen-bond acceptors (Lipinski definition) is 9. The number of carbonyl (C=O) groups excluding carboxylic acids is 3. The molecule has 0 aromatic rings. The van der Waals surface area contributed by atoms with Gasteiger partial charge in [0.25, 0.3) is 0 Å². The predicted octanol–water partition coefficient (Wildman–Crippen LogP) is 4.74. The van der Waals surface area contributed by atoms with Crippen LogP contribution in [0.25, 0.3) is 0 Å². The lowest BCUT2D eigenvalue weighted by Gasteiger charge is -2.60. The van der Waals surface area contributed by atoms with E-state index in [1.807, 2.05) is 12.2 Å². The Bertz CT molecular complexity index is 1400. The molecular formula is C33H41F2O9S-. The molecule has 10 aliphatic carbocycles. The molecule has 248 valence electrons. The molecule has 0 N–H and O–H groups in total. The number of alkyl halides is 2. The van der Waals surface area contributed by atoms with Gasteiger partial charge in [0, 0.05) is 11.8 Å². The maximum absolute atomic E-state index is 14.1. The van der Waals surface area contributed by atoms with Crippen molar-refractivity contribution in [2.75, 3.05) is 0 Å². The number of esters is 3. The standard InChI is InChI=1S/C33H42F2O9S/c1-2-32(23-8-16-5-17(10-23)11-24(32)9-16)43-29(37)26-20-4-3-19(12-20)25(26)28(36)42-27-21-6-18-7-22(27)15-31(13-18,14-21)44-30(38)33(34,35)45(39,40)41/h3-4,16-27H,2,5-15H2,1H3,(H,39,40,41)/p-1.